The Morgan fingerprint density at radius 2 is 1.94 bits per heavy atom. The molecule has 0 bridgehead atoms. The van der Waals surface area contributed by atoms with Crippen molar-refractivity contribution in [2.24, 2.45) is 5.92 Å². The van der Waals surface area contributed by atoms with Crippen LogP contribution in [-0.2, 0) is 15.8 Å². The molecule has 3 rings (SSSR count). The quantitative estimate of drug-likeness (QED) is 0.622. The number of rotatable bonds is 8. The zero-order valence-corrected chi connectivity index (χ0v) is 18.1. The van der Waals surface area contributed by atoms with E-state index in [2.05, 4.69) is 15.3 Å². The Morgan fingerprint density at radius 3 is 2.48 bits per heavy atom. The second-order valence-corrected chi connectivity index (χ2v) is 9.79. The van der Waals surface area contributed by atoms with Crippen LogP contribution in [0.2, 0.25) is 0 Å². The number of nitrogens with one attached hydrogen (secondary N) is 1. The summed E-state index contributed by atoms with van der Waals surface area (Å²) in [6, 6.07) is 8.31. The lowest BCUT2D eigenvalue weighted by atomic mass is 9.73. The van der Waals surface area contributed by atoms with E-state index in [9.17, 15) is 22.0 Å². The Kier molecular flexibility index (Phi) is 6.17. The van der Waals surface area contributed by atoms with Crippen molar-refractivity contribution in [3.63, 3.8) is 0 Å². The van der Waals surface area contributed by atoms with Crippen molar-refractivity contribution in [2.75, 3.05) is 6.26 Å². The second kappa shape index (κ2) is 8.37. The lowest BCUT2D eigenvalue weighted by Gasteiger charge is -2.28. The van der Waals surface area contributed by atoms with Gasteiger partial charge in [0.2, 0.25) is 11.7 Å². The Hall–Kier alpha value is -2.82. The summed E-state index contributed by atoms with van der Waals surface area (Å²) in [6.45, 7) is 0.647. The standard InChI is InChI=1S/C20H22BF2N3O4S/c1-19(22,23)18-24-12-15(17(25-18)30-14-6-4-3-5-7-14)16(27)26-20(21,13-8-9-13)10-11-31(2,28)29/h3-7,10-13H,8-9,21H2,1-2H3,(H,26,27)/b11-10+/t20-/m1/s1. The van der Waals surface area contributed by atoms with E-state index in [0.29, 0.717) is 12.7 Å². The molecule has 164 valence electrons. The molecule has 0 unspecified atom stereocenters. The van der Waals surface area contributed by atoms with Crippen LogP contribution in [0.5, 0.6) is 11.6 Å². The van der Waals surface area contributed by atoms with Crippen molar-refractivity contribution >= 4 is 23.6 Å². The summed E-state index contributed by atoms with van der Waals surface area (Å²) >= 11 is 0. The van der Waals surface area contributed by atoms with E-state index < -0.39 is 32.9 Å². The number of hydrogen-bond acceptors (Lipinski definition) is 6. The molecule has 1 saturated carbocycles. The number of para-hydroxylation sites is 1. The van der Waals surface area contributed by atoms with Gasteiger partial charge in [-0.1, -0.05) is 24.3 Å². The first-order chi connectivity index (χ1) is 14.4. The highest BCUT2D eigenvalue weighted by atomic mass is 32.2. The summed E-state index contributed by atoms with van der Waals surface area (Å²) in [5, 5.41) is 3.84. The minimum absolute atomic E-state index is 0.0492. The largest absolute Gasteiger partial charge is 0.438 e. The van der Waals surface area contributed by atoms with E-state index in [1.807, 2.05) is 0 Å². The lowest BCUT2D eigenvalue weighted by molar-refractivity contribution is 0.00707. The summed E-state index contributed by atoms with van der Waals surface area (Å²) < 4.78 is 56.2. The third-order valence-electron chi connectivity index (χ3n) is 4.82. The van der Waals surface area contributed by atoms with Crippen molar-refractivity contribution in [2.45, 2.75) is 31.1 Å². The topological polar surface area (TPSA) is 98.2 Å². The number of carbonyl (C=O) groups is 1. The number of halogens is 2. The summed E-state index contributed by atoms with van der Waals surface area (Å²) in [5.74, 6) is -4.73. The molecule has 0 spiro atoms. The highest BCUT2D eigenvalue weighted by molar-refractivity contribution is 7.93. The minimum atomic E-state index is -3.40. The van der Waals surface area contributed by atoms with Gasteiger partial charge in [0.25, 0.3) is 5.91 Å². The van der Waals surface area contributed by atoms with E-state index in [-0.39, 0.29) is 17.4 Å². The molecular weight excluding hydrogens is 427 g/mol. The van der Waals surface area contributed by atoms with E-state index >= 15 is 0 Å². The van der Waals surface area contributed by atoms with Gasteiger partial charge in [0.15, 0.2) is 9.84 Å². The van der Waals surface area contributed by atoms with Gasteiger partial charge in [-0.2, -0.15) is 13.8 Å². The summed E-state index contributed by atoms with van der Waals surface area (Å²) in [5.41, 5.74) is -1.09. The number of aromatic nitrogens is 2. The molecule has 0 radical (unpaired) electrons. The van der Waals surface area contributed by atoms with Crippen molar-refractivity contribution in [1.82, 2.24) is 15.3 Å². The predicted molar refractivity (Wildman–Crippen MR) is 114 cm³/mol. The van der Waals surface area contributed by atoms with Crippen LogP contribution < -0.4 is 10.1 Å². The van der Waals surface area contributed by atoms with Crippen LogP contribution in [0.1, 0.15) is 35.9 Å². The Bertz CT molecular complexity index is 1100. The summed E-state index contributed by atoms with van der Waals surface area (Å²) in [4.78, 5) is 20.5. The van der Waals surface area contributed by atoms with Gasteiger partial charge in [0.1, 0.15) is 19.2 Å². The highest BCUT2D eigenvalue weighted by Crippen LogP contribution is 2.39. The average molecular weight is 449 g/mol. The lowest BCUT2D eigenvalue weighted by Crippen LogP contribution is -2.49. The minimum Gasteiger partial charge on any atom is -0.438 e. The molecule has 1 amide bonds. The maximum absolute atomic E-state index is 13.8. The fourth-order valence-corrected chi connectivity index (χ4v) is 3.48. The fraction of sp³-hybridized carbons (Fsp3) is 0.350. The predicted octanol–water partition coefficient (Wildman–Crippen LogP) is 2.41. The number of sulfone groups is 1. The van der Waals surface area contributed by atoms with Crippen LogP contribution in [-0.4, -0.2) is 43.8 Å². The first-order valence-electron chi connectivity index (χ1n) is 9.57. The zero-order valence-electron chi connectivity index (χ0n) is 17.3. The molecular formula is C20H22BF2N3O4S. The molecule has 11 heteroatoms. The smallest absolute Gasteiger partial charge is 0.303 e. The number of amides is 1. The van der Waals surface area contributed by atoms with E-state index in [0.717, 1.165) is 30.7 Å². The van der Waals surface area contributed by atoms with Gasteiger partial charge in [-0.3, -0.25) is 4.79 Å². The maximum atomic E-state index is 13.8. The third kappa shape index (κ3) is 6.10. The Balaban J connectivity index is 1.96. The van der Waals surface area contributed by atoms with Gasteiger partial charge in [0.05, 0.1) is 0 Å². The molecule has 2 aromatic rings. The number of hydrogen-bond donors (Lipinski definition) is 1. The molecule has 1 atom stereocenters. The van der Waals surface area contributed by atoms with Crippen molar-refractivity contribution in [3.8, 4) is 11.6 Å². The summed E-state index contributed by atoms with van der Waals surface area (Å²) in [6.07, 6.45) is 5.11. The zero-order chi connectivity index (χ0) is 22.9. The van der Waals surface area contributed by atoms with Crippen molar-refractivity contribution in [1.29, 1.82) is 0 Å². The van der Waals surface area contributed by atoms with Crippen LogP contribution in [0.4, 0.5) is 8.78 Å². The van der Waals surface area contributed by atoms with Gasteiger partial charge in [-0.05, 0) is 30.9 Å². The second-order valence-electron chi connectivity index (χ2n) is 7.86. The molecule has 0 saturated heterocycles. The molecule has 1 aliphatic carbocycles. The SMILES string of the molecule is B[C@](/C=C/S(C)(=O)=O)(NC(=O)c1cnc(C(C)(F)F)nc1Oc1ccccc1)C1CC1. The number of alkyl halides is 2. The van der Waals surface area contributed by atoms with Crippen LogP contribution >= 0.6 is 0 Å². The van der Waals surface area contributed by atoms with Crippen LogP contribution in [0.25, 0.3) is 0 Å². The Labute approximate surface area is 180 Å². The first kappa shape index (κ1) is 22.9. The van der Waals surface area contributed by atoms with E-state index in [1.165, 1.54) is 6.08 Å². The van der Waals surface area contributed by atoms with Gasteiger partial charge in [0, 0.05) is 30.2 Å². The fourth-order valence-electron chi connectivity index (χ4n) is 2.95. The third-order valence-corrected chi connectivity index (χ3v) is 5.45. The van der Waals surface area contributed by atoms with Gasteiger partial charge in [-0.25, -0.2) is 13.4 Å². The average Bonchev–Trinajstić information content (AvgIpc) is 3.52. The van der Waals surface area contributed by atoms with Crippen LogP contribution in [0.15, 0.2) is 48.0 Å². The van der Waals surface area contributed by atoms with Crippen molar-refractivity contribution in [3.05, 3.63) is 59.4 Å². The maximum Gasteiger partial charge on any atom is 0.303 e. The number of carbonyl (C=O) groups excluding carboxylic acids is 1. The molecule has 1 aromatic carbocycles. The van der Waals surface area contributed by atoms with E-state index in [4.69, 9.17) is 4.74 Å². The molecule has 1 aromatic heterocycles. The van der Waals surface area contributed by atoms with Gasteiger partial charge >= 0.3 is 5.92 Å². The summed E-state index contributed by atoms with van der Waals surface area (Å²) in [7, 11) is -1.69. The van der Waals surface area contributed by atoms with Crippen LogP contribution in [0, 0.1) is 5.92 Å². The van der Waals surface area contributed by atoms with Gasteiger partial charge in [-0.15, -0.1) is 0 Å². The van der Waals surface area contributed by atoms with Gasteiger partial charge < -0.3 is 10.1 Å². The number of nitrogens with zero attached hydrogens (tertiary/aromatic N) is 2. The highest BCUT2D eigenvalue weighted by Gasteiger charge is 2.41. The molecule has 0 aliphatic heterocycles. The Morgan fingerprint density at radius 1 is 1.29 bits per heavy atom. The van der Waals surface area contributed by atoms with E-state index in [1.54, 1.807) is 38.2 Å². The first-order valence-corrected chi connectivity index (χ1v) is 11.5. The number of ether oxygens (including phenoxy) is 1. The monoisotopic (exact) mass is 449 g/mol. The van der Waals surface area contributed by atoms with Crippen LogP contribution in [0.3, 0.4) is 0 Å². The molecule has 31 heavy (non-hydrogen) atoms. The molecule has 1 heterocycles. The van der Waals surface area contributed by atoms with Crippen molar-refractivity contribution < 1.29 is 26.7 Å². The molecule has 7 nitrogen and oxygen atoms in total. The molecule has 1 fully saturated rings. The molecule has 1 N–H and O–H groups in total. The normalized spacial score (nSPS) is 16.6. The number of benzene rings is 1. The molecule has 1 aliphatic rings.